The first-order valence-corrected chi connectivity index (χ1v) is 14.2. The average Bonchev–Trinajstić information content (AvgIpc) is 3.62. The smallest absolute Gasteiger partial charge is 0.387 e. The number of aromatic nitrogens is 5. The number of pyridine rings is 1. The van der Waals surface area contributed by atoms with Crippen LogP contribution in [0, 0.1) is 24.5 Å². The van der Waals surface area contributed by atoms with E-state index >= 15 is 0 Å². The van der Waals surface area contributed by atoms with Gasteiger partial charge in [0.25, 0.3) is 5.56 Å². The molecule has 0 spiro atoms. The molecule has 0 amide bonds. The predicted octanol–water partition coefficient (Wildman–Crippen LogP) is 6.60. The fourth-order valence-electron chi connectivity index (χ4n) is 5.62. The lowest BCUT2D eigenvalue weighted by Crippen LogP contribution is -2.23. The minimum absolute atomic E-state index is 0.0564. The van der Waals surface area contributed by atoms with Crippen molar-refractivity contribution in [2.24, 2.45) is 5.92 Å². The van der Waals surface area contributed by atoms with Crippen LogP contribution in [0.2, 0.25) is 0 Å². The van der Waals surface area contributed by atoms with Crippen molar-refractivity contribution in [1.82, 2.24) is 24.1 Å². The summed E-state index contributed by atoms with van der Waals surface area (Å²) in [6.07, 6.45) is 2.96. The van der Waals surface area contributed by atoms with E-state index in [0.29, 0.717) is 32.6 Å². The molecule has 0 unspecified atom stereocenters. The molecule has 7 rings (SSSR count). The second kappa shape index (κ2) is 10.2. The van der Waals surface area contributed by atoms with E-state index in [1.807, 2.05) is 18.4 Å². The standard InChI is InChI=1S/C30H22F4N6O2S/c1-14-12-43-22-11-19(23(29(41)39(14)22)16-3-2-4-18(31)9-16)26(15-5-6-15)40-28-24(27(35)36-13-37-28)25(38-40)17-7-8-21(20(32)10-17)42-30(33)34/h2-4,7-13,15,26,30H,5-6H2,1H3,(H2,35,36,37)/t26-/m0/s1. The maximum absolute atomic E-state index is 14.8. The molecule has 1 atom stereocenters. The fourth-order valence-corrected chi connectivity index (χ4v) is 6.54. The van der Waals surface area contributed by atoms with E-state index in [4.69, 9.17) is 10.8 Å². The van der Waals surface area contributed by atoms with Crippen LogP contribution >= 0.6 is 11.3 Å². The molecule has 1 aliphatic carbocycles. The van der Waals surface area contributed by atoms with Crippen LogP contribution in [-0.4, -0.2) is 30.8 Å². The van der Waals surface area contributed by atoms with Gasteiger partial charge in [-0.25, -0.2) is 23.4 Å². The summed E-state index contributed by atoms with van der Waals surface area (Å²) in [7, 11) is 0. The minimum atomic E-state index is -3.19. The molecule has 0 bridgehead atoms. The van der Waals surface area contributed by atoms with Crippen LogP contribution in [0.1, 0.15) is 30.1 Å². The zero-order valence-corrected chi connectivity index (χ0v) is 23.3. The Kier molecular flexibility index (Phi) is 6.42. The number of nitrogens with zero attached hydrogens (tertiary/aromatic N) is 5. The molecular weight excluding hydrogens is 584 g/mol. The molecule has 2 aromatic carbocycles. The van der Waals surface area contributed by atoms with Gasteiger partial charge in [0.1, 0.15) is 28.5 Å². The van der Waals surface area contributed by atoms with Gasteiger partial charge in [0.15, 0.2) is 17.2 Å². The maximum Gasteiger partial charge on any atom is 0.387 e. The third-order valence-electron chi connectivity index (χ3n) is 7.61. The fraction of sp³-hybridized carbons (Fsp3) is 0.200. The first-order chi connectivity index (χ1) is 20.7. The second-order valence-corrected chi connectivity index (χ2v) is 11.3. The molecule has 4 aromatic heterocycles. The van der Waals surface area contributed by atoms with Crippen LogP contribution in [0.15, 0.2) is 65.0 Å². The van der Waals surface area contributed by atoms with Gasteiger partial charge >= 0.3 is 6.61 Å². The maximum atomic E-state index is 14.8. The number of hydrogen-bond donors (Lipinski definition) is 1. The first-order valence-electron chi connectivity index (χ1n) is 13.3. The third kappa shape index (κ3) is 4.60. The quantitative estimate of drug-likeness (QED) is 0.206. The van der Waals surface area contributed by atoms with Crippen molar-refractivity contribution in [3.8, 4) is 28.1 Å². The first kappa shape index (κ1) is 27.1. The molecule has 0 radical (unpaired) electrons. The van der Waals surface area contributed by atoms with E-state index < -0.39 is 30.0 Å². The van der Waals surface area contributed by atoms with E-state index in [9.17, 15) is 22.4 Å². The van der Waals surface area contributed by atoms with Gasteiger partial charge in [-0.15, -0.1) is 11.3 Å². The Bertz CT molecular complexity index is 2100. The largest absolute Gasteiger partial charge is 0.432 e. The van der Waals surface area contributed by atoms with Crippen molar-refractivity contribution in [3.63, 3.8) is 0 Å². The van der Waals surface area contributed by atoms with E-state index in [1.54, 1.807) is 21.2 Å². The number of alkyl halides is 2. The zero-order chi connectivity index (χ0) is 30.0. The predicted molar refractivity (Wildman–Crippen MR) is 154 cm³/mol. The summed E-state index contributed by atoms with van der Waals surface area (Å²) in [5, 5.41) is 7.08. The van der Waals surface area contributed by atoms with Crippen LogP contribution in [-0.2, 0) is 0 Å². The number of rotatable bonds is 7. The summed E-state index contributed by atoms with van der Waals surface area (Å²) < 4.78 is 62.3. The van der Waals surface area contributed by atoms with Crippen molar-refractivity contribution in [2.45, 2.75) is 32.4 Å². The van der Waals surface area contributed by atoms with Crippen LogP contribution in [0.4, 0.5) is 23.4 Å². The Hall–Kier alpha value is -4.78. The van der Waals surface area contributed by atoms with Gasteiger partial charge in [0.05, 0.1) is 17.0 Å². The Morgan fingerprint density at radius 3 is 2.60 bits per heavy atom. The number of halogens is 4. The molecule has 8 nitrogen and oxygen atoms in total. The van der Waals surface area contributed by atoms with Crippen molar-refractivity contribution < 1.29 is 22.3 Å². The summed E-state index contributed by atoms with van der Waals surface area (Å²) >= 11 is 1.42. The monoisotopic (exact) mass is 606 g/mol. The third-order valence-corrected chi connectivity index (χ3v) is 8.61. The average molecular weight is 607 g/mol. The Labute approximate surface area is 245 Å². The minimum Gasteiger partial charge on any atom is -0.432 e. The van der Waals surface area contributed by atoms with Crippen molar-refractivity contribution in [1.29, 1.82) is 0 Å². The summed E-state index contributed by atoms with van der Waals surface area (Å²) in [4.78, 5) is 23.4. The van der Waals surface area contributed by atoms with E-state index in [0.717, 1.165) is 30.7 Å². The van der Waals surface area contributed by atoms with Gasteiger partial charge in [0.2, 0.25) is 0 Å². The number of anilines is 1. The highest BCUT2D eigenvalue weighted by Crippen LogP contribution is 2.48. The molecule has 1 aliphatic rings. The number of ether oxygens (including phenoxy) is 1. The lowest BCUT2D eigenvalue weighted by molar-refractivity contribution is -0.0521. The highest BCUT2D eigenvalue weighted by atomic mass is 32.1. The number of nitrogen functional groups attached to an aromatic ring is 1. The highest BCUT2D eigenvalue weighted by molar-refractivity contribution is 7.15. The second-order valence-electron chi connectivity index (χ2n) is 10.4. The zero-order valence-electron chi connectivity index (χ0n) is 22.5. The number of hydrogen-bond acceptors (Lipinski definition) is 7. The van der Waals surface area contributed by atoms with Gasteiger partial charge in [-0.3, -0.25) is 9.20 Å². The molecule has 43 heavy (non-hydrogen) atoms. The van der Waals surface area contributed by atoms with Crippen molar-refractivity contribution in [2.75, 3.05) is 5.73 Å². The van der Waals surface area contributed by atoms with Crippen molar-refractivity contribution >= 4 is 33.0 Å². The molecule has 0 saturated heterocycles. The molecule has 2 N–H and O–H groups in total. The molecular formula is C30H22F4N6O2S. The van der Waals surface area contributed by atoms with E-state index in [1.165, 1.54) is 35.9 Å². The van der Waals surface area contributed by atoms with Crippen LogP contribution in [0.3, 0.4) is 0 Å². The Morgan fingerprint density at radius 1 is 1.07 bits per heavy atom. The lowest BCUT2D eigenvalue weighted by Gasteiger charge is -2.22. The lowest BCUT2D eigenvalue weighted by atomic mass is 9.93. The molecule has 0 aliphatic heterocycles. The van der Waals surface area contributed by atoms with E-state index in [-0.39, 0.29) is 28.6 Å². The molecule has 1 saturated carbocycles. The summed E-state index contributed by atoms with van der Waals surface area (Å²) in [6, 6.07) is 10.8. The van der Waals surface area contributed by atoms with E-state index in [2.05, 4.69) is 14.7 Å². The van der Waals surface area contributed by atoms with Gasteiger partial charge in [-0.05, 0) is 73.2 Å². The number of benzene rings is 2. The van der Waals surface area contributed by atoms with Gasteiger partial charge in [-0.1, -0.05) is 12.1 Å². The Morgan fingerprint density at radius 2 is 1.88 bits per heavy atom. The molecule has 6 aromatic rings. The topological polar surface area (TPSA) is 100 Å². The Balaban J connectivity index is 1.49. The molecule has 218 valence electrons. The molecule has 1 fully saturated rings. The van der Waals surface area contributed by atoms with Gasteiger partial charge in [0, 0.05) is 16.6 Å². The van der Waals surface area contributed by atoms with Gasteiger partial charge < -0.3 is 10.5 Å². The van der Waals surface area contributed by atoms with Gasteiger partial charge in [-0.2, -0.15) is 13.9 Å². The molecule has 13 heteroatoms. The number of fused-ring (bicyclic) bond motifs is 2. The number of nitrogens with two attached hydrogens (primary N) is 1. The summed E-state index contributed by atoms with van der Waals surface area (Å²) in [6.45, 7) is -1.35. The van der Waals surface area contributed by atoms with Crippen LogP contribution in [0.5, 0.6) is 5.75 Å². The number of thiazole rings is 1. The van der Waals surface area contributed by atoms with Crippen molar-refractivity contribution in [3.05, 3.63) is 93.5 Å². The number of aryl methyl sites for hydroxylation is 1. The highest BCUT2D eigenvalue weighted by Gasteiger charge is 2.39. The molecule has 4 heterocycles. The normalized spacial score (nSPS) is 14.2. The summed E-state index contributed by atoms with van der Waals surface area (Å²) in [5.74, 6) is -1.95. The van der Waals surface area contributed by atoms with Crippen LogP contribution in [0.25, 0.3) is 38.2 Å². The SMILES string of the molecule is Cc1csc2cc([C@H](C3CC3)n3nc(-c4ccc(OC(F)F)c(F)c4)c4c(N)ncnc43)c(-c3cccc(F)c3)c(=O)n12. The summed E-state index contributed by atoms with van der Waals surface area (Å²) in [5.41, 5.74) is 8.99. The van der Waals surface area contributed by atoms with Crippen LogP contribution < -0.4 is 16.0 Å².